The molecule has 0 unspecified atom stereocenters. The first-order valence-corrected chi connectivity index (χ1v) is 19.3. The van der Waals surface area contributed by atoms with Crippen LogP contribution in [0.15, 0.2) is 97.7 Å². The third-order valence-corrected chi connectivity index (χ3v) is 10.3. The van der Waals surface area contributed by atoms with Gasteiger partial charge in [0.15, 0.2) is 15.6 Å². The summed E-state index contributed by atoms with van der Waals surface area (Å²) in [5.74, 6) is -1.39. The monoisotopic (exact) mass is 881 g/mol. The molecule has 3 N–H and O–H groups in total. The van der Waals surface area contributed by atoms with Crippen molar-refractivity contribution in [3.63, 3.8) is 0 Å². The minimum absolute atomic E-state index is 0. The van der Waals surface area contributed by atoms with E-state index in [4.69, 9.17) is 11.6 Å². The number of azo groups is 1. The number of hydrogen-bond donors (Lipinski definition) is 3. The summed E-state index contributed by atoms with van der Waals surface area (Å²) >= 11 is 6.49. The minimum atomic E-state index is -5.05. The number of hydrogen-bond acceptors (Lipinski definition) is 21. The summed E-state index contributed by atoms with van der Waals surface area (Å²) in [5, 5.41) is 39.0. The molecule has 20 nitrogen and oxygen atoms in total. The van der Waals surface area contributed by atoms with Crippen LogP contribution in [0.4, 0.5) is 34.6 Å². The maximum atomic E-state index is 12.4. The predicted molar refractivity (Wildman–Crippen MR) is 178 cm³/mol. The van der Waals surface area contributed by atoms with Crippen LogP contribution in [-0.2, 0) is 43.9 Å². The van der Waals surface area contributed by atoms with E-state index in [1.54, 1.807) is 12.1 Å². The Labute approximate surface area is 388 Å². The maximum absolute atomic E-state index is 12.4. The van der Waals surface area contributed by atoms with Gasteiger partial charge in [-0.05, 0) is 71.6 Å². The fourth-order valence-corrected chi connectivity index (χ4v) is 7.06. The number of fused-ring (bicyclic) bond motifs is 1. The van der Waals surface area contributed by atoms with Crippen molar-refractivity contribution in [2.45, 2.75) is 14.7 Å². The summed E-state index contributed by atoms with van der Waals surface area (Å²) in [6.45, 7) is -0.851. The Morgan fingerprint density at radius 1 is 0.818 bits per heavy atom. The van der Waals surface area contributed by atoms with E-state index in [0.717, 1.165) is 6.07 Å². The number of rotatable bonds is 15. The second kappa shape index (κ2) is 21.4. The van der Waals surface area contributed by atoms with Crippen LogP contribution in [0.1, 0.15) is 0 Å². The molecular formula is C27H19ClN7Na3O13S4. The summed E-state index contributed by atoms with van der Waals surface area (Å²) in [4.78, 5) is 11.4. The molecule has 0 fully saturated rings. The van der Waals surface area contributed by atoms with E-state index < -0.39 is 53.4 Å². The van der Waals surface area contributed by atoms with Crippen LogP contribution in [0.3, 0.4) is 0 Å². The van der Waals surface area contributed by atoms with Gasteiger partial charge >= 0.3 is 88.7 Å². The molecule has 4 aromatic carbocycles. The molecule has 0 amide bonds. The van der Waals surface area contributed by atoms with E-state index in [9.17, 15) is 44.7 Å². The van der Waals surface area contributed by atoms with Crippen molar-refractivity contribution >= 4 is 99.4 Å². The summed E-state index contributed by atoms with van der Waals surface area (Å²) in [6.07, 6.45) is 0. The van der Waals surface area contributed by atoms with Crippen LogP contribution < -0.4 is 105 Å². The number of halogens is 1. The van der Waals surface area contributed by atoms with Gasteiger partial charge in [-0.2, -0.15) is 19.3 Å². The number of phenolic OH excluding ortho intramolecular Hbond substituents is 1. The van der Waals surface area contributed by atoms with E-state index >= 15 is 0 Å². The third kappa shape index (κ3) is 14.0. The number of phenols is 1. The van der Waals surface area contributed by atoms with Gasteiger partial charge in [0, 0.05) is 16.8 Å². The molecule has 0 spiro atoms. The Bertz CT molecular complexity index is 2510. The molecule has 5 rings (SSSR count). The quantitative estimate of drug-likeness (QED) is 0.0168. The van der Waals surface area contributed by atoms with Gasteiger partial charge in [-0.3, -0.25) is 9.22 Å². The average Bonchev–Trinajstić information content (AvgIpc) is 3.06. The van der Waals surface area contributed by atoms with Gasteiger partial charge in [0.25, 0.3) is 0 Å². The molecule has 0 radical (unpaired) electrons. The first-order valence-electron chi connectivity index (χ1n) is 13.8. The smallest absolute Gasteiger partial charge is 0.744 e. The van der Waals surface area contributed by atoms with Crippen molar-refractivity contribution in [3.05, 3.63) is 78.1 Å². The number of aromatic hydroxyl groups is 1. The van der Waals surface area contributed by atoms with E-state index in [2.05, 4.69) is 49.4 Å². The van der Waals surface area contributed by atoms with Crippen molar-refractivity contribution < 1.29 is 147 Å². The molecule has 1 heterocycles. The maximum Gasteiger partial charge on any atom is 1.00 e. The van der Waals surface area contributed by atoms with Crippen LogP contribution in [-0.4, -0.2) is 66.8 Å². The fourth-order valence-electron chi connectivity index (χ4n) is 4.31. The molecule has 0 bridgehead atoms. The Kier molecular flexibility index (Phi) is 19.3. The number of nitrogens with zero attached hydrogens (tertiary/aromatic N) is 5. The minimum Gasteiger partial charge on any atom is -0.744 e. The first-order chi connectivity index (χ1) is 24.5. The van der Waals surface area contributed by atoms with Gasteiger partial charge in [0.2, 0.25) is 27.6 Å². The fraction of sp³-hybridized carbons (Fsp3) is 0.0741. The van der Waals surface area contributed by atoms with Crippen molar-refractivity contribution in [2.75, 3.05) is 23.0 Å². The van der Waals surface area contributed by atoms with Gasteiger partial charge < -0.3 is 30.1 Å². The SMILES string of the molecule is O=S(=O)([O-])OCCS(=O)(=O)c1ccc(Nc2nc(Cl)nc(Nc3ccc4cc(SOO[O-])c(N=Nc5ccccc5S(=O)(=O)[O-])c(O)c4c3)n2)cc1.[Na+].[Na+].[Na+]. The van der Waals surface area contributed by atoms with Crippen molar-refractivity contribution in [1.29, 1.82) is 0 Å². The van der Waals surface area contributed by atoms with Gasteiger partial charge in [-0.15, -0.1) is 10.2 Å². The molecule has 0 atom stereocenters. The molecule has 0 aliphatic heterocycles. The number of nitrogens with one attached hydrogen (secondary N) is 2. The first kappa shape index (κ1) is 49.5. The Balaban J connectivity index is 0.00000348. The Morgan fingerprint density at radius 3 is 2.05 bits per heavy atom. The van der Waals surface area contributed by atoms with Crippen molar-refractivity contribution in [2.24, 2.45) is 10.2 Å². The molecule has 0 aliphatic carbocycles. The van der Waals surface area contributed by atoms with E-state index in [1.807, 2.05) is 0 Å². The zero-order valence-electron chi connectivity index (χ0n) is 28.4. The average molecular weight is 882 g/mol. The summed E-state index contributed by atoms with van der Waals surface area (Å²) in [6, 6.07) is 16.2. The zero-order chi connectivity index (χ0) is 37.7. The topological polar surface area (TPSA) is 307 Å². The van der Waals surface area contributed by atoms with Crippen LogP contribution in [0.5, 0.6) is 5.75 Å². The molecule has 55 heavy (non-hydrogen) atoms. The van der Waals surface area contributed by atoms with Crippen molar-refractivity contribution in [1.82, 2.24) is 15.0 Å². The van der Waals surface area contributed by atoms with Gasteiger partial charge in [-0.1, -0.05) is 18.2 Å². The second-order valence-corrected chi connectivity index (χ2v) is 15.5. The van der Waals surface area contributed by atoms with E-state index in [1.165, 1.54) is 54.6 Å². The second-order valence-electron chi connectivity index (χ2n) is 9.92. The molecular weight excluding hydrogens is 863 g/mol. The number of benzene rings is 4. The van der Waals surface area contributed by atoms with Crippen LogP contribution >= 0.6 is 23.6 Å². The van der Waals surface area contributed by atoms with Crippen LogP contribution in [0, 0.1) is 0 Å². The molecule has 28 heteroatoms. The normalized spacial score (nSPS) is 11.7. The summed E-state index contributed by atoms with van der Waals surface area (Å²) < 4.78 is 100.0. The van der Waals surface area contributed by atoms with Crippen LogP contribution in [0.2, 0.25) is 5.28 Å². The Morgan fingerprint density at radius 2 is 1.44 bits per heavy atom. The van der Waals surface area contributed by atoms with E-state index in [0.29, 0.717) is 28.8 Å². The molecule has 0 aliphatic rings. The molecule has 1 aromatic heterocycles. The number of anilines is 4. The van der Waals surface area contributed by atoms with Crippen LogP contribution in [0.25, 0.3) is 10.8 Å². The molecule has 0 saturated carbocycles. The summed E-state index contributed by atoms with van der Waals surface area (Å²) in [7, 11) is -14.0. The van der Waals surface area contributed by atoms with Gasteiger partial charge in [-0.25, -0.2) is 25.3 Å². The summed E-state index contributed by atoms with van der Waals surface area (Å²) in [5.41, 5.74) is 0.0354. The molecule has 274 valence electrons. The molecule has 0 saturated heterocycles. The van der Waals surface area contributed by atoms with Crippen molar-refractivity contribution in [3.8, 4) is 5.75 Å². The Hall–Kier alpha value is -1.60. The van der Waals surface area contributed by atoms with Gasteiger partial charge in [0.1, 0.15) is 21.5 Å². The standard InChI is InChI=1S/C27H22ClN7O13S4.3Na/c28-25-31-26(29-16-7-9-18(10-8-16)50(38,39)12-11-46-52(43,44)45)33-27(32-25)30-17-6-5-15-13-21(49-48-47-37)23(24(36)19(15)14-17)35-34-20-3-1-2-4-22(20)51(40,41)42;;;/h1-10,13-14,36-37H,11-12H2,(H,40,41,42)(H,43,44,45)(H2,29,30,31,32,33);;;/q;3*+1/p-3. The third-order valence-electron chi connectivity index (χ3n) is 6.51. The van der Waals surface area contributed by atoms with E-state index in [-0.39, 0.29) is 132 Å². The zero-order valence-corrected chi connectivity index (χ0v) is 38.5. The largest absolute Gasteiger partial charge is 1.00 e. The number of aromatic nitrogens is 3. The molecule has 5 aromatic rings. The number of sulfone groups is 1. The predicted octanol–water partition coefficient (Wildman–Crippen LogP) is -5.32. The van der Waals surface area contributed by atoms with Gasteiger partial charge in [0.05, 0.1) is 39.1 Å².